The van der Waals surface area contributed by atoms with E-state index in [4.69, 9.17) is 0 Å². The maximum atomic E-state index is 4.30. The van der Waals surface area contributed by atoms with Crippen LogP contribution in [-0.2, 0) is 19.9 Å². The van der Waals surface area contributed by atoms with Gasteiger partial charge in [0, 0.05) is 38.1 Å². The van der Waals surface area contributed by atoms with Gasteiger partial charge in [-0.15, -0.1) is 0 Å². The average molecular weight is 255 g/mol. The zero-order valence-corrected chi connectivity index (χ0v) is 12.0. The summed E-state index contributed by atoms with van der Waals surface area (Å²) < 4.78 is 1.88. The molecule has 0 aliphatic carbocycles. The first kappa shape index (κ1) is 12.3. The van der Waals surface area contributed by atoms with Crippen molar-refractivity contribution in [2.75, 3.05) is 18.5 Å². The third-order valence-electron chi connectivity index (χ3n) is 4.05. The monoisotopic (exact) mass is 255 g/mol. The zero-order chi connectivity index (χ0) is 13.4. The Morgan fingerprint density at radius 3 is 2.79 bits per heavy atom. The number of fused-ring (bicyclic) bond motifs is 1. The Morgan fingerprint density at radius 1 is 1.26 bits per heavy atom. The third kappa shape index (κ3) is 2.14. The summed E-state index contributed by atoms with van der Waals surface area (Å²) in [4.78, 5) is 2.38. The Labute approximate surface area is 114 Å². The highest BCUT2D eigenvalue weighted by Gasteiger charge is 2.17. The van der Waals surface area contributed by atoms with E-state index in [1.807, 2.05) is 17.9 Å². The largest absolute Gasteiger partial charge is 0.374 e. The molecular weight excluding hydrogens is 234 g/mol. The lowest BCUT2D eigenvalue weighted by molar-refractivity contribution is 0.743. The SMILES string of the molecule is CCc1cc2c(cc1-c1cnn(C)c1)CCCN2C. The van der Waals surface area contributed by atoms with E-state index in [-0.39, 0.29) is 0 Å². The summed E-state index contributed by atoms with van der Waals surface area (Å²) in [6, 6.07) is 4.75. The van der Waals surface area contributed by atoms with Crippen molar-refractivity contribution < 1.29 is 0 Å². The lowest BCUT2D eigenvalue weighted by Gasteiger charge is -2.29. The van der Waals surface area contributed by atoms with Crippen LogP contribution in [0, 0.1) is 0 Å². The molecule has 0 radical (unpaired) electrons. The molecule has 100 valence electrons. The van der Waals surface area contributed by atoms with E-state index in [9.17, 15) is 0 Å². The van der Waals surface area contributed by atoms with Gasteiger partial charge in [-0.05, 0) is 48.1 Å². The molecule has 0 spiro atoms. The molecule has 0 fully saturated rings. The number of anilines is 1. The van der Waals surface area contributed by atoms with Crippen LogP contribution in [-0.4, -0.2) is 23.4 Å². The van der Waals surface area contributed by atoms with Gasteiger partial charge < -0.3 is 4.90 Å². The summed E-state index contributed by atoms with van der Waals surface area (Å²) >= 11 is 0. The van der Waals surface area contributed by atoms with Crippen molar-refractivity contribution >= 4 is 5.69 Å². The number of nitrogens with zero attached hydrogens (tertiary/aromatic N) is 3. The van der Waals surface area contributed by atoms with Gasteiger partial charge in [0.05, 0.1) is 6.20 Å². The molecule has 0 N–H and O–H groups in total. The van der Waals surface area contributed by atoms with Gasteiger partial charge in [0.15, 0.2) is 0 Å². The van der Waals surface area contributed by atoms with Gasteiger partial charge in [0.2, 0.25) is 0 Å². The van der Waals surface area contributed by atoms with Crippen molar-refractivity contribution in [2.45, 2.75) is 26.2 Å². The molecule has 2 aromatic rings. The highest BCUT2D eigenvalue weighted by molar-refractivity contribution is 5.72. The molecule has 1 aromatic heterocycles. The minimum Gasteiger partial charge on any atom is -0.374 e. The van der Waals surface area contributed by atoms with Crippen molar-refractivity contribution in [2.24, 2.45) is 7.05 Å². The topological polar surface area (TPSA) is 21.1 Å². The number of aromatic nitrogens is 2. The van der Waals surface area contributed by atoms with Crippen LogP contribution in [0.25, 0.3) is 11.1 Å². The van der Waals surface area contributed by atoms with E-state index in [2.05, 4.69) is 42.3 Å². The van der Waals surface area contributed by atoms with Gasteiger partial charge in [-0.3, -0.25) is 4.68 Å². The summed E-state index contributed by atoms with van der Waals surface area (Å²) in [7, 11) is 4.17. The van der Waals surface area contributed by atoms with Crippen molar-refractivity contribution in [3.63, 3.8) is 0 Å². The minimum absolute atomic E-state index is 1.06. The van der Waals surface area contributed by atoms with E-state index < -0.39 is 0 Å². The van der Waals surface area contributed by atoms with Gasteiger partial charge in [-0.1, -0.05) is 6.92 Å². The summed E-state index contributed by atoms with van der Waals surface area (Å²) in [5, 5.41) is 4.30. The van der Waals surface area contributed by atoms with Gasteiger partial charge in [0.1, 0.15) is 0 Å². The predicted octanol–water partition coefficient (Wildman–Crippen LogP) is 3.03. The summed E-state index contributed by atoms with van der Waals surface area (Å²) in [5.74, 6) is 0. The van der Waals surface area contributed by atoms with Crippen LogP contribution in [0.4, 0.5) is 5.69 Å². The van der Waals surface area contributed by atoms with Crippen LogP contribution in [0.15, 0.2) is 24.5 Å². The minimum atomic E-state index is 1.06. The molecule has 1 aliphatic heterocycles. The second-order valence-electron chi connectivity index (χ2n) is 5.42. The number of hydrogen-bond donors (Lipinski definition) is 0. The highest BCUT2D eigenvalue weighted by atomic mass is 15.2. The Bertz CT molecular complexity index is 598. The number of benzene rings is 1. The van der Waals surface area contributed by atoms with E-state index in [0.29, 0.717) is 0 Å². The van der Waals surface area contributed by atoms with Crippen LogP contribution in [0.2, 0.25) is 0 Å². The summed E-state index contributed by atoms with van der Waals surface area (Å²) in [5.41, 5.74) is 6.89. The molecule has 3 nitrogen and oxygen atoms in total. The first-order chi connectivity index (χ1) is 9.19. The Kier molecular flexibility index (Phi) is 3.05. The van der Waals surface area contributed by atoms with E-state index in [1.54, 1.807) is 0 Å². The molecule has 0 saturated heterocycles. The summed E-state index contributed by atoms with van der Waals surface area (Å²) in [6.07, 6.45) is 7.57. The number of rotatable bonds is 2. The average Bonchev–Trinajstić information content (AvgIpc) is 2.84. The zero-order valence-electron chi connectivity index (χ0n) is 12.0. The first-order valence-corrected chi connectivity index (χ1v) is 7.05. The molecule has 1 aromatic carbocycles. The second kappa shape index (κ2) is 4.72. The van der Waals surface area contributed by atoms with Crippen LogP contribution < -0.4 is 4.90 Å². The van der Waals surface area contributed by atoms with E-state index in [1.165, 1.54) is 47.3 Å². The fraction of sp³-hybridized carbons (Fsp3) is 0.438. The molecule has 0 unspecified atom stereocenters. The molecule has 3 rings (SSSR count). The maximum Gasteiger partial charge on any atom is 0.0568 e. The molecular formula is C16H21N3. The Morgan fingerprint density at radius 2 is 2.11 bits per heavy atom. The van der Waals surface area contributed by atoms with Crippen molar-refractivity contribution in [1.82, 2.24) is 9.78 Å². The Hall–Kier alpha value is -1.77. The van der Waals surface area contributed by atoms with Crippen molar-refractivity contribution in [1.29, 1.82) is 0 Å². The normalized spacial score (nSPS) is 14.6. The molecule has 0 atom stereocenters. The molecule has 19 heavy (non-hydrogen) atoms. The summed E-state index contributed by atoms with van der Waals surface area (Å²) in [6.45, 7) is 3.40. The Balaban J connectivity index is 2.14. The standard InChI is InChI=1S/C16H21N3/c1-4-12-9-16-13(6-5-7-18(16)2)8-15(12)14-10-17-19(3)11-14/h8-11H,4-7H2,1-3H3. The van der Waals surface area contributed by atoms with Gasteiger partial charge in [-0.25, -0.2) is 0 Å². The van der Waals surface area contributed by atoms with Gasteiger partial charge in [0.25, 0.3) is 0 Å². The smallest absolute Gasteiger partial charge is 0.0568 e. The van der Waals surface area contributed by atoms with Gasteiger partial charge >= 0.3 is 0 Å². The van der Waals surface area contributed by atoms with Crippen LogP contribution >= 0.6 is 0 Å². The van der Waals surface area contributed by atoms with E-state index >= 15 is 0 Å². The maximum absolute atomic E-state index is 4.30. The molecule has 0 saturated carbocycles. The number of aryl methyl sites for hydroxylation is 3. The predicted molar refractivity (Wildman–Crippen MR) is 79.6 cm³/mol. The molecule has 1 aliphatic rings. The molecule has 0 amide bonds. The quantitative estimate of drug-likeness (QED) is 0.822. The van der Waals surface area contributed by atoms with Crippen molar-refractivity contribution in [3.05, 3.63) is 35.7 Å². The molecule has 0 bridgehead atoms. The first-order valence-electron chi connectivity index (χ1n) is 7.05. The molecule has 2 heterocycles. The van der Waals surface area contributed by atoms with Crippen LogP contribution in [0.5, 0.6) is 0 Å². The highest BCUT2D eigenvalue weighted by Crippen LogP contribution is 2.34. The van der Waals surface area contributed by atoms with Crippen LogP contribution in [0.3, 0.4) is 0 Å². The van der Waals surface area contributed by atoms with Crippen LogP contribution in [0.1, 0.15) is 24.5 Å². The number of hydrogen-bond acceptors (Lipinski definition) is 2. The van der Waals surface area contributed by atoms with Gasteiger partial charge in [-0.2, -0.15) is 5.10 Å². The lowest BCUT2D eigenvalue weighted by Crippen LogP contribution is -2.24. The molecule has 3 heteroatoms. The van der Waals surface area contributed by atoms with E-state index in [0.717, 1.165) is 6.42 Å². The second-order valence-corrected chi connectivity index (χ2v) is 5.42. The van der Waals surface area contributed by atoms with Crippen molar-refractivity contribution in [3.8, 4) is 11.1 Å². The third-order valence-corrected chi connectivity index (χ3v) is 4.05. The lowest BCUT2D eigenvalue weighted by atomic mass is 9.92. The fourth-order valence-electron chi connectivity index (χ4n) is 2.98. The fourth-order valence-corrected chi connectivity index (χ4v) is 2.98.